The molecule has 0 aromatic heterocycles. The lowest BCUT2D eigenvalue weighted by Gasteiger charge is -2.06. The lowest BCUT2D eigenvalue weighted by atomic mass is 10.5. The summed E-state index contributed by atoms with van der Waals surface area (Å²) in [5.41, 5.74) is 0. The van der Waals surface area contributed by atoms with Crippen LogP contribution < -0.4 is 0 Å². The molecule has 1 unspecified atom stereocenters. The maximum absolute atomic E-state index is 8.27. The summed E-state index contributed by atoms with van der Waals surface area (Å²) in [4.78, 5) is 0. The van der Waals surface area contributed by atoms with E-state index in [1.54, 1.807) is 13.8 Å². The molecule has 0 aromatic rings. The Morgan fingerprint density at radius 3 is 2.00 bits per heavy atom. The minimum atomic E-state index is -1.15. The van der Waals surface area contributed by atoms with Gasteiger partial charge in [-0.3, -0.25) is 0 Å². The van der Waals surface area contributed by atoms with Gasteiger partial charge in [0.15, 0.2) is 0 Å². The zero-order valence-electron chi connectivity index (χ0n) is 4.39. The summed E-state index contributed by atoms with van der Waals surface area (Å²) < 4.78 is 4.57. The lowest BCUT2D eigenvalue weighted by Crippen LogP contribution is -2.09. The number of aliphatic hydroxyl groups excluding tert-OH is 1. The third kappa shape index (κ3) is 6.21. The lowest BCUT2D eigenvalue weighted by molar-refractivity contribution is -0.0688. The van der Waals surface area contributed by atoms with E-state index < -0.39 is 5.75 Å². The molecule has 0 heterocycles. The van der Waals surface area contributed by atoms with Crippen LogP contribution in [-0.2, 0) is 4.74 Å². The van der Waals surface area contributed by atoms with Crippen molar-refractivity contribution < 1.29 is 9.84 Å². The van der Waals surface area contributed by atoms with Gasteiger partial charge in [0, 0.05) is 0 Å². The number of halogens is 1. The van der Waals surface area contributed by atoms with Gasteiger partial charge in [-0.25, -0.2) is 0 Å². The van der Waals surface area contributed by atoms with Gasteiger partial charge in [0.2, 0.25) is 5.75 Å². The smallest absolute Gasteiger partial charge is 0.234 e. The molecule has 0 amide bonds. The maximum atomic E-state index is 8.27. The van der Waals surface area contributed by atoms with E-state index in [1.165, 1.54) is 0 Å². The van der Waals surface area contributed by atoms with Crippen LogP contribution in [0.3, 0.4) is 0 Å². The van der Waals surface area contributed by atoms with Gasteiger partial charge in [0.25, 0.3) is 0 Å². The van der Waals surface area contributed by atoms with Crippen molar-refractivity contribution in [3.8, 4) is 0 Å². The van der Waals surface area contributed by atoms with Crippen molar-refractivity contribution in [2.75, 3.05) is 0 Å². The first-order chi connectivity index (χ1) is 3.13. The van der Waals surface area contributed by atoms with E-state index in [4.69, 9.17) is 16.7 Å². The largest absolute Gasteiger partial charge is 0.356 e. The molecule has 44 valence electrons. The highest BCUT2D eigenvalue weighted by Crippen LogP contribution is 1.96. The van der Waals surface area contributed by atoms with Crippen molar-refractivity contribution in [1.82, 2.24) is 0 Å². The van der Waals surface area contributed by atoms with Crippen molar-refractivity contribution in [2.24, 2.45) is 0 Å². The first kappa shape index (κ1) is 7.21. The van der Waals surface area contributed by atoms with Gasteiger partial charge in [-0.2, -0.15) is 0 Å². The fraction of sp³-hybridized carbons (Fsp3) is 1.00. The molecule has 3 heteroatoms. The molecule has 0 rings (SSSR count). The van der Waals surface area contributed by atoms with E-state index in [0.717, 1.165) is 0 Å². The Balaban J connectivity index is 2.95. The van der Waals surface area contributed by atoms with Crippen molar-refractivity contribution >= 4 is 11.6 Å². The van der Waals surface area contributed by atoms with E-state index in [-0.39, 0.29) is 6.10 Å². The molecule has 0 aliphatic heterocycles. The molecule has 0 aromatic carbocycles. The zero-order valence-corrected chi connectivity index (χ0v) is 5.14. The molecule has 2 nitrogen and oxygen atoms in total. The molecule has 0 spiro atoms. The SMILES string of the molecule is CC(C)OC(O)Cl. The van der Waals surface area contributed by atoms with E-state index in [0.29, 0.717) is 0 Å². The molecule has 0 radical (unpaired) electrons. The number of rotatable bonds is 2. The summed E-state index contributed by atoms with van der Waals surface area (Å²) in [6.45, 7) is 3.59. The van der Waals surface area contributed by atoms with Crippen LogP contribution in [0.15, 0.2) is 0 Å². The minimum absolute atomic E-state index is 0.00694. The molecule has 1 N–H and O–H groups in total. The van der Waals surface area contributed by atoms with Crippen LogP contribution in [0, 0.1) is 0 Å². The van der Waals surface area contributed by atoms with Crippen molar-refractivity contribution in [3.63, 3.8) is 0 Å². The molecule has 0 saturated heterocycles. The minimum Gasteiger partial charge on any atom is -0.356 e. The zero-order chi connectivity index (χ0) is 5.86. The predicted octanol–water partition coefficient (Wildman–Crippen LogP) is 0.926. The number of hydrogen-bond acceptors (Lipinski definition) is 2. The normalized spacial score (nSPS) is 15.0. The quantitative estimate of drug-likeness (QED) is 0.438. The van der Waals surface area contributed by atoms with Gasteiger partial charge in [-0.1, -0.05) is 11.6 Å². The molecular formula is C4H9ClO2. The third-order valence-electron chi connectivity index (χ3n) is 0.384. The number of ether oxygens (including phenoxy) is 1. The maximum Gasteiger partial charge on any atom is 0.234 e. The first-order valence-corrected chi connectivity index (χ1v) is 2.54. The van der Waals surface area contributed by atoms with Crippen LogP contribution in [0.5, 0.6) is 0 Å². The number of hydrogen-bond donors (Lipinski definition) is 1. The Hall–Kier alpha value is 0.210. The Kier molecular flexibility index (Phi) is 3.34. The number of aliphatic hydroxyl groups is 1. The van der Waals surface area contributed by atoms with Gasteiger partial charge >= 0.3 is 0 Å². The van der Waals surface area contributed by atoms with Gasteiger partial charge in [0.1, 0.15) is 0 Å². The topological polar surface area (TPSA) is 29.5 Å². The van der Waals surface area contributed by atoms with Gasteiger partial charge in [0.05, 0.1) is 6.10 Å². The summed E-state index contributed by atoms with van der Waals surface area (Å²) in [7, 11) is 0. The number of alkyl halides is 1. The first-order valence-electron chi connectivity index (χ1n) is 2.10. The van der Waals surface area contributed by atoms with Gasteiger partial charge < -0.3 is 9.84 Å². The van der Waals surface area contributed by atoms with Gasteiger partial charge in [-0.05, 0) is 13.8 Å². The van der Waals surface area contributed by atoms with Gasteiger partial charge in [-0.15, -0.1) is 0 Å². The van der Waals surface area contributed by atoms with Crippen LogP contribution in [-0.4, -0.2) is 17.0 Å². The van der Waals surface area contributed by atoms with Crippen LogP contribution in [0.1, 0.15) is 13.8 Å². The van der Waals surface area contributed by atoms with E-state index in [2.05, 4.69) is 4.74 Å². The standard InChI is InChI=1S/C4H9ClO2/c1-3(2)7-4(5)6/h3-4,6H,1-2H3. The fourth-order valence-corrected chi connectivity index (χ4v) is 0.430. The highest BCUT2D eigenvalue weighted by molar-refractivity contribution is 6.18. The van der Waals surface area contributed by atoms with E-state index in [1.807, 2.05) is 0 Å². The molecular weight excluding hydrogens is 115 g/mol. The Morgan fingerprint density at radius 1 is 1.57 bits per heavy atom. The van der Waals surface area contributed by atoms with Crippen LogP contribution in [0.2, 0.25) is 0 Å². The Morgan fingerprint density at radius 2 is 2.00 bits per heavy atom. The molecule has 7 heavy (non-hydrogen) atoms. The molecule has 0 fully saturated rings. The van der Waals surface area contributed by atoms with Crippen molar-refractivity contribution in [2.45, 2.75) is 25.7 Å². The summed E-state index contributed by atoms with van der Waals surface area (Å²) in [5, 5.41) is 8.27. The average molecular weight is 125 g/mol. The highest BCUT2D eigenvalue weighted by atomic mass is 35.5. The Labute approximate surface area is 48.0 Å². The monoisotopic (exact) mass is 124 g/mol. The second-order valence-corrected chi connectivity index (χ2v) is 1.85. The summed E-state index contributed by atoms with van der Waals surface area (Å²) in [6.07, 6.45) is -0.00694. The second kappa shape index (κ2) is 3.24. The summed E-state index contributed by atoms with van der Waals surface area (Å²) in [5.74, 6) is -1.15. The third-order valence-corrected chi connectivity index (χ3v) is 0.487. The van der Waals surface area contributed by atoms with Crippen molar-refractivity contribution in [1.29, 1.82) is 0 Å². The molecule has 0 bridgehead atoms. The van der Waals surface area contributed by atoms with Crippen molar-refractivity contribution in [3.05, 3.63) is 0 Å². The predicted molar refractivity (Wildman–Crippen MR) is 28.1 cm³/mol. The van der Waals surface area contributed by atoms with Crippen LogP contribution in [0.25, 0.3) is 0 Å². The average Bonchev–Trinajstić information content (AvgIpc) is 1.27. The second-order valence-electron chi connectivity index (χ2n) is 1.48. The van der Waals surface area contributed by atoms with E-state index in [9.17, 15) is 0 Å². The van der Waals surface area contributed by atoms with Crippen LogP contribution in [0.4, 0.5) is 0 Å². The summed E-state index contributed by atoms with van der Waals surface area (Å²) >= 11 is 5.01. The summed E-state index contributed by atoms with van der Waals surface area (Å²) in [6, 6.07) is 0. The van der Waals surface area contributed by atoms with Crippen LogP contribution >= 0.6 is 11.6 Å². The highest BCUT2D eigenvalue weighted by Gasteiger charge is 1.98. The molecule has 0 saturated carbocycles. The molecule has 0 aliphatic carbocycles. The van der Waals surface area contributed by atoms with E-state index >= 15 is 0 Å². The Bertz CT molecular complexity index is 39.0. The molecule has 0 aliphatic rings. The molecule has 1 atom stereocenters. The fourth-order valence-electron chi connectivity index (χ4n) is 0.225.